The van der Waals surface area contributed by atoms with Crippen LogP contribution in [0.3, 0.4) is 0 Å². The fourth-order valence-electron chi connectivity index (χ4n) is 6.60. The molecule has 0 unspecified atom stereocenters. The van der Waals surface area contributed by atoms with Gasteiger partial charge in [-0.15, -0.1) is 0 Å². The Morgan fingerprint density at radius 3 is 1.70 bits per heavy atom. The highest BCUT2D eigenvalue weighted by Crippen LogP contribution is 2.65. The second kappa shape index (κ2) is 16.1. The molecule has 0 atom stereocenters. The summed E-state index contributed by atoms with van der Waals surface area (Å²) in [4.78, 5) is 0. The van der Waals surface area contributed by atoms with Gasteiger partial charge in [-0.05, 0) is 117 Å². The van der Waals surface area contributed by atoms with Crippen molar-refractivity contribution in [1.82, 2.24) is 0 Å². The van der Waals surface area contributed by atoms with Crippen LogP contribution in [0.15, 0.2) is 96.3 Å². The van der Waals surface area contributed by atoms with E-state index < -0.39 is 7.26 Å². The molecule has 0 amide bonds. The molecule has 0 bridgehead atoms. The monoisotopic (exact) mass is 551 g/mol. The van der Waals surface area contributed by atoms with Crippen LogP contribution >= 0.6 is 7.26 Å². The quantitative estimate of drug-likeness (QED) is 0.123. The minimum absolute atomic E-state index is 1.15. The summed E-state index contributed by atoms with van der Waals surface area (Å²) in [5.41, 5.74) is 6.19. The van der Waals surface area contributed by atoms with Crippen LogP contribution in [0.4, 0.5) is 0 Å². The van der Waals surface area contributed by atoms with Gasteiger partial charge in [0.1, 0.15) is 23.2 Å². The zero-order valence-electron chi connectivity index (χ0n) is 25.5. The van der Waals surface area contributed by atoms with E-state index in [1.54, 1.807) is 32.6 Å². The Kier molecular flexibility index (Phi) is 12.3. The Morgan fingerprint density at radius 2 is 1.15 bits per heavy atom. The van der Waals surface area contributed by atoms with Crippen molar-refractivity contribution in [3.63, 3.8) is 0 Å². The molecule has 1 aliphatic carbocycles. The van der Waals surface area contributed by atoms with Gasteiger partial charge in [-0.1, -0.05) is 101 Å². The molecule has 0 aromatic heterocycles. The molecule has 3 aromatic rings. The van der Waals surface area contributed by atoms with Crippen LogP contribution in [0.5, 0.6) is 0 Å². The first-order chi connectivity index (χ1) is 19.7. The van der Waals surface area contributed by atoms with E-state index in [2.05, 4.69) is 112 Å². The summed E-state index contributed by atoms with van der Waals surface area (Å²) in [6.45, 7) is 6.88. The van der Waals surface area contributed by atoms with E-state index in [1.165, 1.54) is 82.4 Å². The molecule has 0 nitrogen and oxygen atoms in total. The minimum atomic E-state index is -1.62. The zero-order valence-corrected chi connectivity index (χ0v) is 26.4. The van der Waals surface area contributed by atoms with Crippen LogP contribution in [-0.2, 0) is 19.3 Å². The number of hydrogen-bond acceptors (Lipinski definition) is 0. The minimum Gasteiger partial charge on any atom is -0.0803 e. The number of rotatable bonds is 16. The van der Waals surface area contributed by atoms with Crippen molar-refractivity contribution < 1.29 is 0 Å². The number of benzene rings is 3. The van der Waals surface area contributed by atoms with Crippen LogP contribution in [0.1, 0.15) is 100 Å². The number of aryl methyl sites for hydroxylation is 4. The topological polar surface area (TPSA) is 0 Å². The van der Waals surface area contributed by atoms with Gasteiger partial charge in [-0.25, -0.2) is 0 Å². The summed E-state index contributed by atoms with van der Waals surface area (Å²) < 4.78 is 0. The van der Waals surface area contributed by atoms with Gasteiger partial charge in [0.2, 0.25) is 0 Å². The first-order valence-corrected chi connectivity index (χ1v) is 18.1. The largest absolute Gasteiger partial charge is 0.111 e. The summed E-state index contributed by atoms with van der Waals surface area (Å²) in [6.07, 6.45) is 25.5. The molecule has 0 radical (unpaired) electrons. The molecule has 0 fully saturated rings. The molecule has 0 saturated heterocycles. The summed E-state index contributed by atoms with van der Waals surface area (Å²) in [7, 11) is -1.62. The van der Waals surface area contributed by atoms with E-state index in [-0.39, 0.29) is 0 Å². The van der Waals surface area contributed by atoms with E-state index in [0.29, 0.717) is 0 Å². The molecule has 0 N–H and O–H groups in total. The van der Waals surface area contributed by atoms with Crippen LogP contribution in [0, 0.1) is 6.92 Å². The van der Waals surface area contributed by atoms with Gasteiger partial charge in [0.05, 0.1) is 6.16 Å². The van der Waals surface area contributed by atoms with Crippen molar-refractivity contribution >= 4 is 17.9 Å². The molecule has 4 rings (SSSR count). The van der Waals surface area contributed by atoms with Gasteiger partial charge < -0.3 is 0 Å². The first kappa shape index (κ1) is 30.5. The summed E-state index contributed by atoms with van der Waals surface area (Å²) in [6, 6.07) is 27.8. The molecule has 1 aliphatic rings. The van der Waals surface area contributed by atoms with E-state index >= 15 is 0 Å². The summed E-state index contributed by atoms with van der Waals surface area (Å²) >= 11 is 0. The molecule has 212 valence electrons. The van der Waals surface area contributed by atoms with E-state index in [1.807, 2.05) is 0 Å². The SMILES string of the molecule is CCc1cc(C)c(CCCCCCCCCC[P+](C2=CCCC=C2)(c2ccccc2)c2ccccc2)cc1CC. The third kappa shape index (κ3) is 7.85. The molecular weight excluding hydrogens is 499 g/mol. The molecule has 0 saturated carbocycles. The molecule has 3 aromatic carbocycles. The Morgan fingerprint density at radius 1 is 0.600 bits per heavy atom. The van der Waals surface area contributed by atoms with Crippen LogP contribution in [-0.4, -0.2) is 6.16 Å². The maximum atomic E-state index is 2.55. The molecule has 0 aliphatic heterocycles. The summed E-state index contributed by atoms with van der Waals surface area (Å²) in [5.74, 6) is 0. The number of hydrogen-bond donors (Lipinski definition) is 0. The van der Waals surface area contributed by atoms with Gasteiger partial charge in [-0.2, -0.15) is 0 Å². The second-order valence-electron chi connectivity index (χ2n) is 11.6. The maximum absolute atomic E-state index is 2.55. The number of allylic oxidation sites excluding steroid dienone is 4. The van der Waals surface area contributed by atoms with Crippen molar-refractivity contribution in [1.29, 1.82) is 0 Å². The predicted octanol–water partition coefficient (Wildman–Crippen LogP) is 10.7. The van der Waals surface area contributed by atoms with Gasteiger partial charge >= 0.3 is 0 Å². The average molecular weight is 552 g/mol. The lowest BCUT2D eigenvalue weighted by Crippen LogP contribution is -2.26. The Balaban J connectivity index is 1.26. The Hall–Kier alpha value is -2.43. The van der Waals surface area contributed by atoms with Crippen LogP contribution < -0.4 is 10.6 Å². The summed E-state index contributed by atoms with van der Waals surface area (Å²) in [5, 5.41) is 4.69. The maximum Gasteiger partial charge on any atom is 0.111 e. The zero-order chi connectivity index (χ0) is 28.0. The average Bonchev–Trinajstić information content (AvgIpc) is 3.02. The van der Waals surface area contributed by atoms with E-state index in [4.69, 9.17) is 0 Å². The standard InChI is InChI=1S/C39H52P/c1-4-34-31-33(3)36(32-35(34)5-2)23-15-10-8-6-7-9-11-22-30-40(37-24-16-12-17-25-37,38-26-18-13-19-27-38)39-28-20-14-21-29-39/h12-13,16-20,24-29,31-32H,4-11,14-15,21-23,30H2,1-3H3/q+1. The smallest absolute Gasteiger partial charge is 0.0803 e. The highest BCUT2D eigenvalue weighted by molar-refractivity contribution is 7.93. The predicted molar refractivity (Wildman–Crippen MR) is 181 cm³/mol. The van der Waals surface area contributed by atoms with Crippen molar-refractivity contribution in [3.8, 4) is 0 Å². The molecule has 0 heterocycles. The Labute approximate surface area is 246 Å². The highest BCUT2D eigenvalue weighted by atomic mass is 31.2. The van der Waals surface area contributed by atoms with Crippen molar-refractivity contribution in [2.45, 2.75) is 104 Å². The lowest BCUT2D eigenvalue weighted by atomic mass is 9.93. The Bertz CT molecular complexity index is 1180. The lowest BCUT2D eigenvalue weighted by Gasteiger charge is -2.29. The van der Waals surface area contributed by atoms with Crippen molar-refractivity contribution in [2.75, 3.05) is 6.16 Å². The highest BCUT2D eigenvalue weighted by Gasteiger charge is 2.45. The van der Waals surface area contributed by atoms with E-state index in [9.17, 15) is 0 Å². The molecule has 0 spiro atoms. The molecular formula is C39H52P+. The first-order valence-electron chi connectivity index (χ1n) is 16.2. The van der Waals surface area contributed by atoms with Crippen molar-refractivity contribution in [2.24, 2.45) is 0 Å². The number of unbranched alkanes of at least 4 members (excludes halogenated alkanes) is 7. The molecule has 40 heavy (non-hydrogen) atoms. The third-order valence-corrected chi connectivity index (χ3v) is 13.5. The van der Waals surface area contributed by atoms with E-state index in [0.717, 1.165) is 12.8 Å². The van der Waals surface area contributed by atoms with Crippen LogP contribution in [0.2, 0.25) is 0 Å². The van der Waals surface area contributed by atoms with Gasteiger partial charge in [0, 0.05) is 0 Å². The normalized spacial score (nSPS) is 13.4. The van der Waals surface area contributed by atoms with Gasteiger partial charge in [-0.3, -0.25) is 0 Å². The fourth-order valence-corrected chi connectivity index (χ4v) is 11.1. The van der Waals surface area contributed by atoms with Gasteiger partial charge in [0.25, 0.3) is 0 Å². The van der Waals surface area contributed by atoms with Crippen molar-refractivity contribution in [3.05, 3.63) is 119 Å². The molecule has 1 heteroatoms. The third-order valence-electron chi connectivity index (χ3n) is 8.92. The fraction of sp³-hybridized carbons (Fsp3) is 0.436. The van der Waals surface area contributed by atoms with Crippen LogP contribution in [0.25, 0.3) is 0 Å². The second-order valence-corrected chi connectivity index (χ2v) is 15.3. The lowest BCUT2D eigenvalue weighted by molar-refractivity contribution is 0.576. The van der Waals surface area contributed by atoms with Gasteiger partial charge in [0.15, 0.2) is 0 Å².